The number of hydrogen-bond acceptors (Lipinski definition) is 6. The number of ether oxygens (including phenoxy) is 1. The molecular formula is C22H23N3O3S2. The van der Waals surface area contributed by atoms with Crippen LogP contribution in [-0.2, 0) is 4.79 Å². The monoisotopic (exact) mass is 441 g/mol. The number of carbonyl (C=O) groups excluding carboxylic acids is 2. The summed E-state index contributed by atoms with van der Waals surface area (Å²) in [5, 5.41) is 7.80. The van der Waals surface area contributed by atoms with Crippen molar-refractivity contribution in [3.8, 4) is 16.3 Å². The van der Waals surface area contributed by atoms with E-state index in [2.05, 4.69) is 10.3 Å². The zero-order valence-corrected chi connectivity index (χ0v) is 18.7. The molecule has 0 bridgehead atoms. The first kappa shape index (κ1) is 20.6. The summed E-state index contributed by atoms with van der Waals surface area (Å²) >= 11 is 2.99. The van der Waals surface area contributed by atoms with Gasteiger partial charge in [-0.1, -0.05) is 6.07 Å². The molecule has 1 unspecified atom stereocenters. The topological polar surface area (TPSA) is 71.5 Å². The van der Waals surface area contributed by atoms with Crippen molar-refractivity contribution < 1.29 is 14.3 Å². The van der Waals surface area contributed by atoms with Gasteiger partial charge in [0.2, 0.25) is 5.91 Å². The molecule has 156 valence electrons. The average molecular weight is 442 g/mol. The molecule has 1 aromatic carbocycles. The second kappa shape index (κ2) is 8.57. The highest BCUT2D eigenvalue weighted by Gasteiger charge is 2.36. The highest BCUT2D eigenvalue weighted by Crippen LogP contribution is 2.32. The second-order valence-electron chi connectivity index (χ2n) is 7.30. The van der Waals surface area contributed by atoms with Gasteiger partial charge in [0, 0.05) is 17.5 Å². The van der Waals surface area contributed by atoms with E-state index < -0.39 is 6.04 Å². The van der Waals surface area contributed by atoms with Gasteiger partial charge in [-0.3, -0.25) is 9.59 Å². The second-order valence-corrected chi connectivity index (χ2v) is 9.07. The number of thiophene rings is 1. The summed E-state index contributed by atoms with van der Waals surface area (Å²) in [7, 11) is 1.57. The lowest BCUT2D eigenvalue weighted by atomic mass is 10.1. The number of methoxy groups -OCH3 is 1. The summed E-state index contributed by atoms with van der Waals surface area (Å²) in [4.78, 5) is 33.2. The number of likely N-dealkylation sites (tertiary alicyclic amines) is 1. The van der Waals surface area contributed by atoms with Crippen LogP contribution in [0.4, 0.5) is 5.69 Å². The lowest BCUT2D eigenvalue weighted by molar-refractivity contribution is -0.119. The predicted molar refractivity (Wildman–Crippen MR) is 121 cm³/mol. The van der Waals surface area contributed by atoms with E-state index >= 15 is 0 Å². The van der Waals surface area contributed by atoms with Crippen LogP contribution in [0.5, 0.6) is 5.75 Å². The fourth-order valence-corrected chi connectivity index (χ4v) is 5.39. The third-order valence-electron chi connectivity index (χ3n) is 5.19. The average Bonchev–Trinajstić information content (AvgIpc) is 3.48. The van der Waals surface area contributed by atoms with Crippen LogP contribution >= 0.6 is 22.7 Å². The molecule has 1 N–H and O–H groups in total. The van der Waals surface area contributed by atoms with Crippen LogP contribution in [0.3, 0.4) is 0 Å². The quantitative estimate of drug-likeness (QED) is 0.621. The van der Waals surface area contributed by atoms with Gasteiger partial charge in [-0.05, 0) is 55.8 Å². The van der Waals surface area contributed by atoms with E-state index in [1.807, 2.05) is 48.9 Å². The summed E-state index contributed by atoms with van der Waals surface area (Å²) in [6.45, 7) is 4.37. The van der Waals surface area contributed by atoms with E-state index in [1.165, 1.54) is 11.3 Å². The van der Waals surface area contributed by atoms with Gasteiger partial charge >= 0.3 is 0 Å². The Labute approximate surface area is 183 Å². The van der Waals surface area contributed by atoms with Crippen molar-refractivity contribution in [2.24, 2.45) is 0 Å². The van der Waals surface area contributed by atoms with Crippen molar-refractivity contribution >= 4 is 40.2 Å². The number of rotatable bonds is 5. The van der Waals surface area contributed by atoms with Crippen LogP contribution in [0.2, 0.25) is 0 Å². The minimum Gasteiger partial charge on any atom is -0.495 e. The Bertz CT molecular complexity index is 1080. The Morgan fingerprint density at radius 2 is 2.10 bits per heavy atom. The Morgan fingerprint density at radius 3 is 2.83 bits per heavy atom. The molecule has 1 saturated heterocycles. The number of nitrogens with zero attached hydrogens (tertiary/aromatic N) is 2. The van der Waals surface area contributed by atoms with Gasteiger partial charge in [0.05, 0.1) is 18.5 Å². The largest absolute Gasteiger partial charge is 0.495 e. The van der Waals surface area contributed by atoms with Crippen molar-refractivity contribution in [1.29, 1.82) is 0 Å². The molecule has 0 spiro atoms. The van der Waals surface area contributed by atoms with Gasteiger partial charge in [-0.15, -0.1) is 11.3 Å². The van der Waals surface area contributed by atoms with Crippen LogP contribution < -0.4 is 10.1 Å². The lowest BCUT2D eigenvalue weighted by Crippen LogP contribution is -2.43. The van der Waals surface area contributed by atoms with E-state index in [0.29, 0.717) is 35.0 Å². The Morgan fingerprint density at radius 1 is 1.27 bits per heavy atom. The predicted octanol–water partition coefficient (Wildman–Crippen LogP) is 4.74. The highest BCUT2D eigenvalue weighted by molar-refractivity contribution is 7.17. The van der Waals surface area contributed by atoms with Gasteiger partial charge in [0.15, 0.2) is 0 Å². The van der Waals surface area contributed by atoms with Crippen molar-refractivity contribution in [3.05, 3.63) is 51.2 Å². The molecule has 3 heterocycles. The van der Waals surface area contributed by atoms with Crippen LogP contribution in [0.25, 0.3) is 10.6 Å². The molecule has 3 aromatic rings. The zero-order chi connectivity index (χ0) is 21.3. The van der Waals surface area contributed by atoms with Gasteiger partial charge in [-0.25, -0.2) is 4.98 Å². The van der Waals surface area contributed by atoms with E-state index in [1.54, 1.807) is 23.3 Å². The molecular weight excluding hydrogens is 418 g/mol. The molecule has 0 saturated carbocycles. The number of anilines is 1. The third kappa shape index (κ3) is 3.97. The van der Waals surface area contributed by atoms with Crippen molar-refractivity contribution in [2.75, 3.05) is 19.0 Å². The number of aryl methyl sites for hydroxylation is 2. The molecule has 1 aliphatic heterocycles. The zero-order valence-electron chi connectivity index (χ0n) is 17.1. The maximum Gasteiger partial charge on any atom is 0.266 e. The number of hydrogen-bond donors (Lipinski definition) is 1. The van der Waals surface area contributed by atoms with E-state index in [4.69, 9.17) is 4.74 Å². The standard InChI is InChI=1S/C22H23N3O3S2/c1-13-6-7-18(28-3)16(11-13)24-20(26)17-5-4-9-25(17)22(27)19-14(2)23-21(30-19)15-8-10-29-12-15/h6-8,10-12,17H,4-5,9H2,1-3H3,(H,24,26). The van der Waals surface area contributed by atoms with Crippen LogP contribution in [-0.4, -0.2) is 41.4 Å². The number of benzene rings is 1. The maximum absolute atomic E-state index is 13.3. The molecule has 30 heavy (non-hydrogen) atoms. The number of nitrogens with one attached hydrogen (secondary N) is 1. The summed E-state index contributed by atoms with van der Waals surface area (Å²) in [6.07, 6.45) is 1.44. The first-order valence-electron chi connectivity index (χ1n) is 9.74. The minimum atomic E-state index is -0.506. The summed E-state index contributed by atoms with van der Waals surface area (Å²) in [5.41, 5.74) is 3.37. The summed E-state index contributed by atoms with van der Waals surface area (Å²) in [6, 6.07) is 7.12. The van der Waals surface area contributed by atoms with Crippen molar-refractivity contribution in [3.63, 3.8) is 0 Å². The fraction of sp³-hybridized carbons (Fsp3) is 0.318. The van der Waals surface area contributed by atoms with Crippen LogP contribution in [0, 0.1) is 13.8 Å². The smallest absolute Gasteiger partial charge is 0.266 e. The van der Waals surface area contributed by atoms with Gasteiger partial charge in [0.25, 0.3) is 5.91 Å². The first-order chi connectivity index (χ1) is 14.5. The molecule has 1 aliphatic rings. The molecule has 4 rings (SSSR count). The molecule has 2 aromatic heterocycles. The van der Waals surface area contributed by atoms with Crippen molar-refractivity contribution in [2.45, 2.75) is 32.7 Å². The Hall–Kier alpha value is -2.71. The van der Waals surface area contributed by atoms with E-state index in [9.17, 15) is 9.59 Å². The van der Waals surface area contributed by atoms with E-state index in [-0.39, 0.29) is 11.8 Å². The number of carbonyl (C=O) groups is 2. The van der Waals surface area contributed by atoms with Crippen LogP contribution in [0.1, 0.15) is 33.8 Å². The Balaban J connectivity index is 1.54. The fourth-order valence-electron chi connectivity index (χ4n) is 3.65. The summed E-state index contributed by atoms with van der Waals surface area (Å²) < 4.78 is 5.36. The molecule has 0 aliphatic carbocycles. The minimum absolute atomic E-state index is 0.125. The Kier molecular flexibility index (Phi) is 5.87. The number of thiazole rings is 1. The maximum atomic E-state index is 13.3. The van der Waals surface area contributed by atoms with Crippen LogP contribution in [0.15, 0.2) is 35.0 Å². The summed E-state index contributed by atoms with van der Waals surface area (Å²) in [5.74, 6) is 0.286. The normalized spacial score (nSPS) is 16.0. The van der Waals surface area contributed by atoms with E-state index in [0.717, 1.165) is 22.6 Å². The molecule has 6 nitrogen and oxygen atoms in total. The van der Waals surface area contributed by atoms with Gasteiger partial charge < -0.3 is 15.0 Å². The van der Waals surface area contributed by atoms with Gasteiger partial charge in [0.1, 0.15) is 21.7 Å². The van der Waals surface area contributed by atoms with Gasteiger partial charge in [-0.2, -0.15) is 11.3 Å². The van der Waals surface area contributed by atoms with Crippen molar-refractivity contribution in [1.82, 2.24) is 9.88 Å². The number of aromatic nitrogens is 1. The first-order valence-corrected chi connectivity index (χ1v) is 11.5. The molecule has 0 radical (unpaired) electrons. The highest BCUT2D eigenvalue weighted by atomic mass is 32.1. The molecule has 1 atom stereocenters. The SMILES string of the molecule is COc1ccc(C)cc1NC(=O)C1CCCN1C(=O)c1sc(-c2ccsc2)nc1C. The molecule has 8 heteroatoms. The molecule has 1 fully saturated rings. The number of amides is 2. The molecule has 2 amide bonds. The lowest BCUT2D eigenvalue weighted by Gasteiger charge is -2.24. The third-order valence-corrected chi connectivity index (χ3v) is 7.07.